The van der Waals surface area contributed by atoms with Crippen LogP contribution in [0, 0.1) is 11.3 Å². The van der Waals surface area contributed by atoms with Crippen LogP contribution in [0.15, 0.2) is 36.4 Å². The number of nitrogens with one attached hydrogen (secondary N) is 2. The average molecular weight is 609 g/mol. The Bertz CT molecular complexity index is 1340. The molecule has 4 aliphatic rings. The van der Waals surface area contributed by atoms with Crippen molar-refractivity contribution in [1.82, 2.24) is 20.4 Å². The second-order valence-electron chi connectivity index (χ2n) is 13.6. The molecular weight excluding hydrogens is 564 g/mol. The van der Waals surface area contributed by atoms with Crippen molar-refractivity contribution >= 4 is 29.8 Å². The summed E-state index contributed by atoms with van der Waals surface area (Å²) < 4.78 is 5.88. The third-order valence-corrected chi connectivity index (χ3v) is 9.26. The highest BCUT2D eigenvalue weighted by Gasteiger charge is 2.61. The molecule has 1 saturated carbocycles. The molecule has 3 heterocycles. The van der Waals surface area contributed by atoms with Gasteiger partial charge in [0, 0.05) is 30.8 Å². The maximum Gasteiger partial charge on any atom is 0.410 e. The molecule has 1 aromatic rings. The number of nitrogens with zero attached hydrogens (tertiary/aromatic N) is 2. The molecular formula is C33H44N4O7. The van der Waals surface area contributed by atoms with E-state index in [1.807, 2.05) is 36.4 Å². The number of fused-ring (bicyclic) bond motifs is 3. The minimum atomic E-state index is -1.43. The number of amides is 4. The molecule has 4 amide bonds. The molecule has 1 saturated heterocycles. The van der Waals surface area contributed by atoms with Gasteiger partial charge in [0.05, 0.1) is 6.54 Å². The first-order chi connectivity index (χ1) is 20.9. The van der Waals surface area contributed by atoms with Crippen LogP contribution in [0.3, 0.4) is 0 Å². The number of ether oxygens (including phenoxy) is 1. The lowest BCUT2D eigenvalue weighted by molar-refractivity contribution is -0.146. The number of carbonyl (C=O) groups excluding carboxylic acids is 4. The summed E-state index contributed by atoms with van der Waals surface area (Å²) in [7, 11) is 0. The molecule has 1 aliphatic carbocycles. The number of hydrogen-bond acceptors (Lipinski definition) is 6. The van der Waals surface area contributed by atoms with Crippen LogP contribution in [-0.4, -0.2) is 81.5 Å². The van der Waals surface area contributed by atoms with Gasteiger partial charge in [-0.15, -0.1) is 0 Å². The first-order valence-corrected chi connectivity index (χ1v) is 15.7. The number of aliphatic carboxylic acids is 1. The van der Waals surface area contributed by atoms with E-state index >= 15 is 0 Å². The summed E-state index contributed by atoms with van der Waals surface area (Å²) in [5.41, 5.74) is 0.0746. The van der Waals surface area contributed by atoms with Crippen LogP contribution >= 0.6 is 0 Å². The highest BCUT2D eigenvalue weighted by molar-refractivity contribution is 5.96. The Morgan fingerprint density at radius 1 is 1.09 bits per heavy atom. The fourth-order valence-electron chi connectivity index (χ4n) is 6.39. The molecule has 0 aromatic heterocycles. The summed E-state index contributed by atoms with van der Waals surface area (Å²) >= 11 is 0. The average Bonchev–Trinajstić information content (AvgIpc) is 3.52. The zero-order chi connectivity index (χ0) is 31.6. The van der Waals surface area contributed by atoms with Crippen LogP contribution < -0.4 is 10.6 Å². The van der Waals surface area contributed by atoms with Crippen molar-refractivity contribution in [2.24, 2.45) is 11.3 Å². The quantitative estimate of drug-likeness (QED) is 0.447. The van der Waals surface area contributed by atoms with Gasteiger partial charge in [-0.1, -0.05) is 70.0 Å². The highest BCUT2D eigenvalue weighted by atomic mass is 16.6. The Balaban J connectivity index is 1.37. The fourth-order valence-corrected chi connectivity index (χ4v) is 6.39. The Morgan fingerprint density at radius 2 is 1.84 bits per heavy atom. The van der Waals surface area contributed by atoms with Gasteiger partial charge in [0.25, 0.3) is 0 Å². The van der Waals surface area contributed by atoms with Crippen LogP contribution in [0.4, 0.5) is 4.79 Å². The maximum absolute atomic E-state index is 14.1. The number of carboxylic acid groups (broad SMARTS) is 1. The van der Waals surface area contributed by atoms with E-state index in [1.165, 1.54) is 10.5 Å². The smallest absolute Gasteiger partial charge is 0.410 e. The summed E-state index contributed by atoms with van der Waals surface area (Å²) in [4.78, 5) is 69.4. The van der Waals surface area contributed by atoms with E-state index in [2.05, 4.69) is 10.6 Å². The number of benzene rings is 1. The summed E-state index contributed by atoms with van der Waals surface area (Å²) in [5.74, 6) is -2.77. The van der Waals surface area contributed by atoms with Crippen LogP contribution in [-0.2, 0) is 36.9 Å². The van der Waals surface area contributed by atoms with E-state index in [9.17, 15) is 29.1 Å². The Hall–Kier alpha value is -3.89. The number of rotatable bonds is 3. The van der Waals surface area contributed by atoms with E-state index < -0.39 is 53.0 Å². The normalized spacial score (nSPS) is 29.2. The third-order valence-electron chi connectivity index (χ3n) is 9.26. The van der Waals surface area contributed by atoms with Gasteiger partial charge in [0.1, 0.15) is 23.7 Å². The third kappa shape index (κ3) is 6.76. The van der Waals surface area contributed by atoms with Gasteiger partial charge in [-0.2, -0.15) is 0 Å². The van der Waals surface area contributed by atoms with E-state index in [4.69, 9.17) is 4.74 Å². The second-order valence-corrected chi connectivity index (χ2v) is 13.6. The van der Waals surface area contributed by atoms with E-state index in [0.717, 1.165) is 24.8 Å². The van der Waals surface area contributed by atoms with Crippen LogP contribution in [0.25, 0.3) is 0 Å². The molecule has 0 spiro atoms. The van der Waals surface area contributed by atoms with Crippen molar-refractivity contribution in [2.45, 2.75) is 102 Å². The molecule has 0 radical (unpaired) electrons. The van der Waals surface area contributed by atoms with E-state index in [0.29, 0.717) is 32.4 Å². The number of allylic oxidation sites excluding steroid dienone is 1. The van der Waals surface area contributed by atoms with Gasteiger partial charge in [-0.05, 0) is 43.2 Å². The lowest BCUT2D eigenvalue weighted by Crippen LogP contribution is -2.57. The van der Waals surface area contributed by atoms with Gasteiger partial charge in [0.15, 0.2) is 0 Å². The monoisotopic (exact) mass is 608 g/mol. The standard InChI is InChI=1S/C33H44N4O7/c1-32(2,3)29(40)34-25-14-8-6-4-5-7-13-23-18-33(23,30(41)42)35-27(38)26-17-24(20-37(26)28(25)39)44-31(43)36-16-15-21-11-9-10-12-22(21)19-36/h7,9-13,23-26H,4-6,8,14-20H2,1-3H3,(H,34,40)(H,35,38)(H,41,42)/t23-,24-,25+,26+,33-/m1/s1. The maximum atomic E-state index is 14.1. The summed E-state index contributed by atoms with van der Waals surface area (Å²) in [5, 5.41) is 15.7. The Kier molecular flexibility index (Phi) is 9.04. The largest absolute Gasteiger partial charge is 0.479 e. The van der Waals surface area contributed by atoms with Crippen molar-refractivity contribution in [1.29, 1.82) is 0 Å². The zero-order valence-corrected chi connectivity index (χ0v) is 25.8. The van der Waals surface area contributed by atoms with Crippen molar-refractivity contribution in [2.75, 3.05) is 13.1 Å². The molecule has 0 unspecified atom stereocenters. The van der Waals surface area contributed by atoms with Crippen LogP contribution in [0.2, 0.25) is 0 Å². The van der Waals surface area contributed by atoms with Crippen molar-refractivity contribution in [3.63, 3.8) is 0 Å². The highest BCUT2D eigenvalue weighted by Crippen LogP contribution is 2.45. The van der Waals surface area contributed by atoms with Crippen molar-refractivity contribution < 1.29 is 33.8 Å². The molecule has 3 aliphatic heterocycles. The van der Waals surface area contributed by atoms with Gasteiger partial charge < -0.3 is 30.3 Å². The summed E-state index contributed by atoms with van der Waals surface area (Å²) in [6.45, 7) is 6.17. The molecule has 1 aromatic carbocycles. The van der Waals surface area contributed by atoms with Crippen molar-refractivity contribution in [3.8, 4) is 0 Å². The summed E-state index contributed by atoms with van der Waals surface area (Å²) in [6.07, 6.45) is 7.06. The SMILES string of the molecule is CC(C)(C)C(=O)N[C@H]1CCCCCC=C[C@@H]2C[C@@]2(C(=O)O)NC(=O)[C@@H]2C[C@@H](OC(=O)N3CCc4ccccc4C3)CN2C1=O. The van der Waals surface area contributed by atoms with Gasteiger partial charge >= 0.3 is 12.1 Å². The molecule has 5 atom stereocenters. The lowest BCUT2D eigenvalue weighted by atomic mass is 9.94. The van der Waals surface area contributed by atoms with Crippen LogP contribution in [0.5, 0.6) is 0 Å². The molecule has 5 rings (SSSR count). The van der Waals surface area contributed by atoms with E-state index in [-0.39, 0.29) is 31.2 Å². The zero-order valence-electron chi connectivity index (χ0n) is 25.8. The van der Waals surface area contributed by atoms with Crippen molar-refractivity contribution in [3.05, 3.63) is 47.5 Å². The van der Waals surface area contributed by atoms with Gasteiger partial charge in [-0.25, -0.2) is 9.59 Å². The molecule has 11 heteroatoms. The first kappa shape index (κ1) is 31.5. The molecule has 2 fully saturated rings. The van der Waals surface area contributed by atoms with Gasteiger partial charge in [-0.3, -0.25) is 14.4 Å². The fraction of sp³-hybridized carbons (Fsp3) is 0.606. The number of hydrogen-bond donors (Lipinski definition) is 3. The van der Waals surface area contributed by atoms with Crippen LogP contribution in [0.1, 0.15) is 76.8 Å². The minimum Gasteiger partial charge on any atom is -0.479 e. The predicted molar refractivity (Wildman–Crippen MR) is 161 cm³/mol. The Labute approximate surface area is 258 Å². The Morgan fingerprint density at radius 3 is 2.57 bits per heavy atom. The predicted octanol–water partition coefficient (Wildman–Crippen LogP) is 3.16. The molecule has 238 valence electrons. The van der Waals surface area contributed by atoms with Gasteiger partial charge in [0.2, 0.25) is 17.7 Å². The molecule has 3 N–H and O–H groups in total. The first-order valence-electron chi connectivity index (χ1n) is 15.7. The number of carboxylic acids is 1. The van der Waals surface area contributed by atoms with E-state index in [1.54, 1.807) is 25.7 Å². The lowest BCUT2D eigenvalue weighted by Gasteiger charge is -2.31. The summed E-state index contributed by atoms with van der Waals surface area (Å²) in [6, 6.07) is 6.01. The second kappa shape index (κ2) is 12.6. The molecule has 0 bridgehead atoms. The number of carbonyl (C=O) groups is 5. The molecule has 44 heavy (non-hydrogen) atoms. The topological polar surface area (TPSA) is 145 Å². The molecule has 11 nitrogen and oxygen atoms in total. The minimum absolute atomic E-state index is 0.0294.